The van der Waals surface area contributed by atoms with Crippen LogP contribution in [0.3, 0.4) is 0 Å². The number of ether oxygens (including phenoxy) is 1. The molecule has 0 saturated carbocycles. The average Bonchev–Trinajstić information content (AvgIpc) is 2.59. The summed E-state index contributed by atoms with van der Waals surface area (Å²) in [7, 11) is 1.64. The van der Waals surface area contributed by atoms with Crippen molar-refractivity contribution < 1.29 is 4.74 Å². The molecule has 27 heavy (non-hydrogen) atoms. The number of thioether (sulfide) groups is 2. The summed E-state index contributed by atoms with van der Waals surface area (Å²) in [6, 6.07) is 14.0. The Morgan fingerprint density at radius 2 is 1.44 bits per heavy atom. The highest BCUT2D eigenvalue weighted by atomic mass is 79.9. The summed E-state index contributed by atoms with van der Waals surface area (Å²) in [4.78, 5) is 2.21. The van der Waals surface area contributed by atoms with Crippen molar-refractivity contribution >= 4 is 79.6 Å². The summed E-state index contributed by atoms with van der Waals surface area (Å²) < 4.78 is 5.31. The van der Waals surface area contributed by atoms with Crippen molar-refractivity contribution in [1.82, 2.24) is 0 Å². The molecule has 0 aliphatic heterocycles. The molecule has 2 rings (SSSR count). The first kappa shape index (κ1) is 26.2. The Morgan fingerprint density at radius 1 is 0.889 bits per heavy atom. The zero-order valence-corrected chi connectivity index (χ0v) is 20.4. The first-order chi connectivity index (χ1) is 12.0. The Labute approximate surface area is 193 Å². The van der Waals surface area contributed by atoms with Crippen LogP contribution >= 0.6 is 69.2 Å². The number of hydrogen-bond donors (Lipinski definition) is 4. The molecule has 10 heteroatoms. The second kappa shape index (κ2) is 13.4. The van der Waals surface area contributed by atoms with Crippen molar-refractivity contribution in [2.24, 2.45) is 11.5 Å². The third-order valence-corrected chi connectivity index (χ3v) is 6.00. The molecule has 0 unspecified atom stereocenters. The Balaban J connectivity index is 0.00000338. The van der Waals surface area contributed by atoms with E-state index in [9.17, 15) is 0 Å². The highest BCUT2D eigenvalue weighted by molar-refractivity contribution is 8.93. The molecule has 148 valence electrons. The van der Waals surface area contributed by atoms with E-state index >= 15 is 0 Å². The number of halogens is 2. The van der Waals surface area contributed by atoms with Crippen LogP contribution in [0.1, 0.15) is 11.1 Å². The maximum atomic E-state index is 7.43. The lowest BCUT2D eigenvalue weighted by atomic mass is 10.2. The lowest BCUT2D eigenvalue weighted by molar-refractivity contribution is 0.414. The minimum atomic E-state index is 0. The van der Waals surface area contributed by atoms with Crippen LogP contribution in [0, 0.1) is 10.8 Å². The quantitative estimate of drug-likeness (QED) is 0.275. The molecule has 2 aromatic carbocycles. The van der Waals surface area contributed by atoms with E-state index in [-0.39, 0.29) is 44.3 Å². The molecule has 5 nitrogen and oxygen atoms in total. The predicted molar refractivity (Wildman–Crippen MR) is 131 cm³/mol. The molecule has 0 spiro atoms. The fourth-order valence-corrected chi connectivity index (χ4v) is 4.40. The highest BCUT2D eigenvalue weighted by Crippen LogP contribution is 2.37. The van der Waals surface area contributed by atoms with Crippen molar-refractivity contribution in [1.29, 1.82) is 10.8 Å². The number of methoxy groups -OCH3 is 1. The molecule has 0 aromatic heterocycles. The van der Waals surface area contributed by atoms with Gasteiger partial charge in [-0.2, -0.15) is 0 Å². The maximum Gasteiger partial charge on any atom is 0.151 e. The summed E-state index contributed by atoms with van der Waals surface area (Å²) >= 11 is 4.26. The molecular formula is C17H22Br2N4OS3. The van der Waals surface area contributed by atoms with E-state index in [1.165, 1.54) is 23.5 Å². The monoisotopic (exact) mass is 552 g/mol. The minimum absolute atomic E-state index is 0. The highest BCUT2D eigenvalue weighted by Gasteiger charge is 2.10. The summed E-state index contributed by atoms with van der Waals surface area (Å²) in [5, 5.41) is 15.0. The lowest BCUT2D eigenvalue weighted by Crippen LogP contribution is -2.04. The third-order valence-electron chi connectivity index (χ3n) is 3.23. The second-order valence-corrected chi connectivity index (χ2v) is 8.11. The van der Waals surface area contributed by atoms with Gasteiger partial charge in [0.05, 0.1) is 7.11 Å². The van der Waals surface area contributed by atoms with Gasteiger partial charge >= 0.3 is 0 Å². The van der Waals surface area contributed by atoms with Crippen molar-refractivity contribution in [3.8, 4) is 5.75 Å². The van der Waals surface area contributed by atoms with Gasteiger partial charge in [0.15, 0.2) is 10.3 Å². The third kappa shape index (κ3) is 8.82. The lowest BCUT2D eigenvalue weighted by Gasteiger charge is -2.13. The van der Waals surface area contributed by atoms with E-state index in [4.69, 9.17) is 27.0 Å². The smallest absolute Gasteiger partial charge is 0.151 e. The zero-order chi connectivity index (χ0) is 18.2. The van der Waals surface area contributed by atoms with Gasteiger partial charge in [0.1, 0.15) is 5.75 Å². The number of hydrogen-bond acceptors (Lipinski definition) is 6. The summed E-state index contributed by atoms with van der Waals surface area (Å²) in [5.41, 5.74) is 13.1. The number of rotatable bonds is 7. The first-order valence-corrected chi connectivity index (χ1v) is 10.1. The van der Waals surface area contributed by atoms with E-state index in [2.05, 4.69) is 6.07 Å². The Bertz CT molecular complexity index is 778. The molecule has 0 radical (unpaired) electrons. The number of nitrogens with two attached hydrogens (primary N) is 2. The average molecular weight is 554 g/mol. The topological polar surface area (TPSA) is 109 Å². The number of nitrogens with one attached hydrogen (secondary N) is 2. The normalized spacial score (nSPS) is 9.67. The van der Waals surface area contributed by atoms with Gasteiger partial charge in [-0.15, -0.1) is 34.0 Å². The van der Waals surface area contributed by atoms with Gasteiger partial charge in [0, 0.05) is 21.3 Å². The largest absolute Gasteiger partial charge is 0.497 e. The van der Waals surface area contributed by atoms with E-state index in [1.807, 2.05) is 36.4 Å². The molecule has 0 saturated heterocycles. The van der Waals surface area contributed by atoms with Crippen LogP contribution in [-0.4, -0.2) is 17.4 Å². The van der Waals surface area contributed by atoms with Gasteiger partial charge in [-0.1, -0.05) is 53.5 Å². The van der Waals surface area contributed by atoms with Crippen molar-refractivity contribution in [2.45, 2.75) is 21.3 Å². The van der Waals surface area contributed by atoms with Crippen molar-refractivity contribution in [2.75, 3.05) is 7.11 Å². The molecule has 2 aromatic rings. The van der Waals surface area contributed by atoms with Crippen LogP contribution in [0.15, 0.2) is 52.3 Å². The van der Waals surface area contributed by atoms with Crippen molar-refractivity contribution in [3.05, 3.63) is 53.6 Å². The second-order valence-electron chi connectivity index (χ2n) is 4.99. The first-order valence-electron chi connectivity index (χ1n) is 7.36. The van der Waals surface area contributed by atoms with E-state index in [1.54, 1.807) is 18.9 Å². The van der Waals surface area contributed by atoms with Crippen LogP contribution < -0.4 is 16.2 Å². The van der Waals surface area contributed by atoms with Gasteiger partial charge in [-0.25, -0.2) is 0 Å². The molecule has 0 amide bonds. The standard InChI is InChI=1S/C17H20N4OS3.2BrH/c1-22-13-6-7-15(12(8-13)10-24-17(20)21)25-14-5-3-2-4-11(14)9-23-16(18)19;;/h2-8H,9-10H2,1H3,(H3,18,19)(H3,20,21);2*1H. The fourth-order valence-electron chi connectivity index (χ4n) is 2.05. The molecule has 6 N–H and O–H groups in total. The maximum absolute atomic E-state index is 7.43. The van der Waals surface area contributed by atoms with Gasteiger partial charge in [0.2, 0.25) is 0 Å². The van der Waals surface area contributed by atoms with Gasteiger partial charge < -0.3 is 16.2 Å². The van der Waals surface area contributed by atoms with E-state index in [0.717, 1.165) is 26.7 Å². The molecule has 0 aliphatic carbocycles. The number of benzene rings is 2. The van der Waals surface area contributed by atoms with Gasteiger partial charge in [0.25, 0.3) is 0 Å². The minimum Gasteiger partial charge on any atom is -0.497 e. The van der Waals surface area contributed by atoms with Crippen LogP contribution in [0.2, 0.25) is 0 Å². The van der Waals surface area contributed by atoms with E-state index in [0.29, 0.717) is 11.5 Å². The molecule has 0 bridgehead atoms. The van der Waals surface area contributed by atoms with Crippen LogP contribution in [-0.2, 0) is 11.5 Å². The molecule has 0 fully saturated rings. The van der Waals surface area contributed by atoms with Crippen LogP contribution in [0.25, 0.3) is 0 Å². The Kier molecular flexibility index (Phi) is 13.0. The van der Waals surface area contributed by atoms with Crippen LogP contribution in [0.5, 0.6) is 5.75 Å². The zero-order valence-electron chi connectivity index (χ0n) is 14.6. The molecule has 0 atom stereocenters. The summed E-state index contributed by atoms with van der Waals surface area (Å²) in [5.74, 6) is 2.05. The molecule has 0 heterocycles. The van der Waals surface area contributed by atoms with Gasteiger partial charge in [-0.05, 0) is 35.4 Å². The summed E-state index contributed by atoms with van der Waals surface area (Å²) in [6.45, 7) is 0. The predicted octanol–water partition coefficient (Wildman–Crippen LogP) is 5.26. The Hall–Kier alpha value is -0.810. The Morgan fingerprint density at radius 3 is 2.04 bits per heavy atom. The SMILES string of the molecule is Br.Br.COc1ccc(Sc2ccccc2CSC(=N)N)c(CSC(=N)N)c1. The number of amidine groups is 2. The van der Waals surface area contributed by atoms with E-state index < -0.39 is 0 Å². The van der Waals surface area contributed by atoms with Crippen molar-refractivity contribution in [3.63, 3.8) is 0 Å². The van der Waals surface area contributed by atoms with Crippen LogP contribution in [0.4, 0.5) is 0 Å². The molecule has 0 aliphatic rings. The fraction of sp³-hybridized carbons (Fsp3) is 0.176. The summed E-state index contributed by atoms with van der Waals surface area (Å²) in [6.07, 6.45) is 0. The molecular weight excluding hydrogens is 532 g/mol. The van der Waals surface area contributed by atoms with Gasteiger partial charge in [-0.3, -0.25) is 10.8 Å².